The van der Waals surface area contributed by atoms with Gasteiger partial charge in [0.1, 0.15) is 16.5 Å². The minimum atomic E-state index is 0.0513. The Morgan fingerprint density at radius 1 is 1.29 bits per heavy atom. The quantitative estimate of drug-likeness (QED) is 0.775. The van der Waals surface area contributed by atoms with Crippen molar-refractivity contribution >= 4 is 16.5 Å². The summed E-state index contributed by atoms with van der Waals surface area (Å²) in [7, 11) is 0. The first kappa shape index (κ1) is 11.7. The molecule has 90 valence electrons. The lowest BCUT2D eigenvalue weighted by molar-refractivity contribution is 0.446. The lowest BCUT2D eigenvalue weighted by Crippen LogP contribution is -1.99. The van der Waals surface area contributed by atoms with E-state index in [1.165, 1.54) is 23.5 Å². The number of anilines is 1. The number of hydrogen-bond acceptors (Lipinski definition) is 6. The van der Waals surface area contributed by atoms with Gasteiger partial charge < -0.3 is 15.5 Å². The second kappa shape index (κ2) is 5.01. The highest BCUT2D eigenvalue weighted by Crippen LogP contribution is 2.24. The molecule has 1 heterocycles. The Morgan fingerprint density at radius 2 is 2.12 bits per heavy atom. The van der Waals surface area contributed by atoms with Gasteiger partial charge in [0.05, 0.1) is 0 Å². The van der Waals surface area contributed by atoms with Gasteiger partial charge in [-0.1, -0.05) is 18.3 Å². The number of nitrogens with zero attached hydrogens (tertiary/aromatic N) is 2. The maximum absolute atomic E-state index is 9.59. The standard InChI is InChI=1S/C11H13N3O2S/c1-2-10-13-14-11(17-10)12-6-7-3-4-8(15)5-9(7)16/h3-5,15-16H,2,6H2,1H3,(H,12,14). The van der Waals surface area contributed by atoms with E-state index in [2.05, 4.69) is 15.5 Å². The molecule has 0 saturated heterocycles. The minimum absolute atomic E-state index is 0.0513. The summed E-state index contributed by atoms with van der Waals surface area (Å²) in [6.07, 6.45) is 0.865. The molecule has 1 aromatic heterocycles. The van der Waals surface area contributed by atoms with Crippen LogP contribution in [0.15, 0.2) is 18.2 Å². The summed E-state index contributed by atoms with van der Waals surface area (Å²) in [6.45, 7) is 2.47. The number of aromatic nitrogens is 2. The van der Waals surface area contributed by atoms with E-state index in [0.29, 0.717) is 12.1 Å². The molecule has 0 atom stereocenters. The largest absolute Gasteiger partial charge is 0.508 e. The second-order valence-electron chi connectivity index (χ2n) is 3.52. The van der Waals surface area contributed by atoms with Gasteiger partial charge in [0.2, 0.25) is 5.13 Å². The van der Waals surface area contributed by atoms with Crippen molar-refractivity contribution in [1.82, 2.24) is 10.2 Å². The average Bonchev–Trinajstić information content (AvgIpc) is 2.76. The number of benzene rings is 1. The van der Waals surface area contributed by atoms with E-state index < -0.39 is 0 Å². The Labute approximate surface area is 103 Å². The van der Waals surface area contributed by atoms with Crippen LogP contribution in [0.5, 0.6) is 11.5 Å². The number of rotatable bonds is 4. The molecule has 17 heavy (non-hydrogen) atoms. The highest BCUT2D eigenvalue weighted by molar-refractivity contribution is 7.15. The number of aromatic hydroxyl groups is 2. The van der Waals surface area contributed by atoms with Crippen molar-refractivity contribution in [2.45, 2.75) is 19.9 Å². The minimum Gasteiger partial charge on any atom is -0.508 e. The van der Waals surface area contributed by atoms with Crippen LogP contribution >= 0.6 is 11.3 Å². The fourth-order valence-corrected chi connectivity index (χ4v) is 2.02. The average molecular weight is 251 g/mol. The number of nitrogens with one attached hydrogen (secondary N) is 1. The van der Waals surface area contributed by atoms with Crippen molar-refractivity contribution < 1.29 is 10.2 Å². The van der Waals surface area contributed by atoms with Crippen LogP contribution in [0.1, 0.15) is 17.5 Å². The Bertz CT molecular complexity index is 513. The molecular weight excluding hydrogens is 238 g/mol. The van der Waals surface area contributed by atoms with Crippen LogP contribution in [0, 0.1) is 0 Å². The van der Waals surface area contributed by atoms with Gasteiger partial charge in [-0.2, -0.15) is 0 Å². The summed E-state index contributed by atoms with van der Waals surface area (Å²) in [5.41, 5.74) is 0.705. The molecule has 0 spiro atoms. The molecule has 0 radical (unpaired) electrons. The summed E-state index contributed by atoms with van der Waals surface area (Å²) in [5.74, 6) is 0.119. The molecule has 0 saturated carbocycles. The molecule has 3 N–H and O–H groups in total. The second-order valence-corrected chi connectivity index (χ2v) is 4.58. The first-order valence-electron chi connectivity index (χ1n) is 5.26. The van der Waals surface area contributed by atoms with Gasteiger partial charge in [-0.05, 0) is 18.6 Å². The summed E-state index contributed by atoms with van der Waals surface area (Å²) in [6, 6.07) is 4.52. The van der Waals surface area contributed by atoms with Gasteiger partial charge in [0, 0.05) is 18.2 Å². The summed E-state index contributed by atoms with van der Waals surface area (Å²) < 4.78 is 0. The predicted molar refractivity (Wildman–Crippen MR) is 66.4 cm³/mol. The Balaban J connectivity index is 2.02. The molecule has 2 rings (SSSR count). The van der Waals surface area contributed by atoms with Crippen LogP contribution in [0.4, 0.5) is 5.13 Å². The monoisotopic (exact) mass is 251 g/mol. The van der Waals surface area contributed by atoms with E-state index in [-0.39, 0.29) is 11.5 Å². The molecule has 1 aromatic carbocycles. The molecule has 2 aromatic rings. The highest BCUT2D eigenvalue weighted by atomic mass is 32.1. The van der Waals surface area contributed by atoms with E-state index >= 15 is 0 Å². The lowest BCUT2D eigenvalue weighted by atomic mass is 10.2. The molecular formula is C11H13N3O2S. The normalized spacial score (nSPS) is 10.4. The highest BCUT2D eigenvalue weighted by Gasteiger charge is 2.05. The van der Waals surface area contributed by atoms with Crippen molar-refractivity contribution in [3.8, 4) is 11.5 Å². The third-order valence-electron chi connectivity index (χ3n) is 2.27. The van der Waals surface area contributed by atoms with Crippen molar-refractivity contribution in [2.24, 2.45) is 0 Å². The molecule has 0 fully saturated rings. The number of hydrogen-bond donors (Lipinski definition) is 3. The summed E-state index contributed by atoms with van der Waals surface area (Å²) >= 11 is 1.50. The fourth-order valence-electron chi connectivity index (χ4n) is 1.34. The van der Waals surface area contributed by atoms with Gasteiger partial charge in [0.15, 0.2) is 0 Å². The maximum atomic E-state index is 9.59. The first-order chi connectivity index (χ1) is 8.19. The molecule has 0 amide bonds. The first-order valence-corrected chi connectivity index (χ1v) is 6.07. The molecule has 0 aliphatic rings. The van der Waals surface area contributed by atoms with Crippen molar-refractivity contribution in [3.63, 3.8) is 0 Å². The van der Waals surface area contributed by atoms with E-state index in [0.717, 1.165) is 16.6 Å². The van der Waals surface area contributed by atoms with Crippen LogP contribution in [-0.4, -0.2) is 20.4 Å². The molecule has 0 unspecified atom stereocenters. The topological polar surface area (TPSA) is 78.3 Å². The van der Waals surface area contributed by atoms with Crippen LogP contribution in [0.2, 0.25) is 0 Å². The molecule has 0 aliphatic heterocycles. The molecule has 0 aliphatic carbocycles. The van der Waals surface area contributed by atoms with Gasteiger partial charge in [-0.15, -0.1) is 10.2 Å². The van der Waals surface area contributed by atoms with E-state index in [1.54, 1.807) is 6.07 Å². The van der Waals surface area contributed by atoms with Gasteiger partial charge in [-0.25, -0.2) is 0 Å². The third-order valence-corrected chi connectivity index (χ3v) is 3.29. The molecule has 5 nitrogen and oxygen atoms in total. The molecule has 6 heteroatoms. The number of aryl methyl sites for hydroxylation is 1. The van der Waals surface area contributed by atoms with Crippen LogP contribution < -0.4 is 5.32 Å². The summed E-state index contributed by atoms with van der Waals surface area (Å²) in [4.78, 5) is 0. The van der Waals surface area contributed by atoms with Gasteiger partial charge >= 0.3 is 0 Å². The smallest absolute Gasteiger partial charge is 0.205 e. The Hall–Kier alpha value is -1.82. The zero-order valence-corrected chi connectivity index (χ0v) is 10.2. The van der Waals surface area contributed by atoms with Gasteiger partial charge in [0.25, 0.3) is 0 Å². The van der Waals surface area contributed by atoms with Crippen molar-refractivity contribution in [1.29, 1.82) is 0 Å². The van der Waals surface area contributed by atoms with E-state index in [4.69, 9.17) is 5.11 Å². The van der Waals surface area contributed by atoms with Gasteiger partial charge in [-0.3, -0.25) is 0 Å². The van der Waals surface area contributed by atoms with E-state index in [1.807, 2.05) is 6.92 Å². The zero-order chi connectivity index (χ0) is 12.3. The number of phenols is 2. The lowest BCUT2D eigenvalue weighted by Gasteiger charge is -2.05. The fraction of sp³-hybridized carbons (Fsp3) is 0.273. The van der Waals surface area contributed by atoms with Crippen LogP contribution in [0.25, 0.3) is 0 Å². The predicted octanol–water partition coefficient (Wildman–Crippen LogP) is 2.12. The zero-order valence-electron chi connectivity index (χ0n) is 9.34. The maximum Gasteiger partial charge on any atom is 0.205 e. The Kier molecular flexibility index (Phi) is 3.43. The summed E-state index contributed by atoms with van der Waals surface area (Å²) in [5, 5.41) is 31.5. The van der Waals surface area contributed by atoms with Crippen LogP contribution in [0.3, 0.4) is 0 Å². The molecule has 0 bridgehead atoms. The van der Waals surface area contributed by atoms with Crippen LogP contribution in [-0.2, 0) is 13.0 Å². The van der Waals surface area contributed by atoms with Crippen molar-refractivity contribution in [3.05, 3.63) is 28.8 Å². The number of phenolic OH excluding ortho intramolecular Hbond substituents is 2. The Morgan fingerprint density at radius 3 is 2.76 bits per heavy atom. The van der Waals surface area contributed by atoms with E-state index in [9.17, 15) is 5.11 Å². The SMILES string of the molecule is CCc1nnc(NCc2ccc(O)cc2O)s1. The third kappa shape index (κ3) is 2.85. The van der Waals surface area contributed by atoms with Crippen molar-refractivity contribution in [2.75, 3.05) is 5.32 Å².